The third kappa shape index (κ3) is 4.40. The van der Waals surface area contributed by atoms with Gasteiger partial charge in [-0.1, -0.05) is 31.2 Å². The second-order valence-corrected chi connectivity index (χ2v) is 6.32. The van der Waals surface area contributed by atoms with Crippen LogP contribution in [0.15, 0.2) is 63.2 Å². The fourth-order valence-corrected chi connectivity index (χ4v) is 2.89. The number of aromatic nitrogens is 2. The topological polar surface area (TPSA) is 160 Å². The van der Waals surface area contributed by atoms with Gasteiger partial charge in [0.2, 0.25) is 5.88 Å². The van der Waals surface area contributed by atoms with E-state index in [1.54, 1.807) is 24.3 Å². The molecular formula is C20H17N5O6. The van der Waals surface area contributed by atoms with Crippen LogP contribution in [0.1, 0.15) is 28.4 Å². The van der Waals surface area contributed by atoms with E-state index in [1.165, 1.54) is 18.2 Å². The molecule has 0 aliphatic carbocycles. The van der Waals surface area contributed by atoms with Crippen LogP contribution in [0.5, 0.6) is 5.88 Å². The Morgan fingerprint density at radius 3 is 2.71 bits per heavy atom. The Labute approximate surface area is 174 Å². The van der Waals surface area contributed by atoms with Crippen LogP contribution in [0.2, 0.25) is 0 Å². The van der Waals surface area contributed by atoms with Crippen molar-refractivity contribution in [3.8, 4) is 11.6 Å². The van der Waals surface area contributed by atoms with Crippen molar-refractivity contribution in [2.24, 2.45) is 5.10 Å². The molecule has 0 atom stereocenters. The number of nitro benzene ring substituents is 1. The van der Waals surface area contributed by atoms with Crippen molar-refractivity contribution in [1.82, 2.24) is 15.0 Å². The van der Waals surface area contributed by atoms with Crippen LogP contribution in [0.25, 0.3) is 5.69 Å². The lowest BCUT2D eigenvalue weighted by molar-refractivity contribution is -0.384. The van der Waals surface area contributed by atoms with Crippen molar-refractivity contribution in [2.45, 2.75) is 13.3 Å². The molecule has 1 aromatic heterocycles. The molecule has 0 aliphatic rings. The summed E-state index contributed by atoms with van der Waals surface area (Å²) in [4.78, 5) is 48.9. The largest absolute Gasteiger partial charge is 0.493 e. The van der Waals surface area contributed by atoms with E-state index in [0.717, 1.165) is 22.4 Å². The number of amides is 1. The number of nitrogens with zero attached hydrogens (tertiary/aromatic N) is 3. The molecule has 0 saturated heterocycles. The van der Waals surface area contributed by atoms with Gasteiger partial charge in [-0.25, -0.2) is 14.8 Å². The maximum atomic E-state index is 12.3. The number of carbonyl (C=O) groups is 1. The average molecular weight is 423 g/mol. The Morgan fingerprint density at radius 2 is 2.00 bits per heavy atom. The standard InChI is InChI=1S/C20H17N5O6/c1-2-12-6-3-4-9-16(12)24-19(28)15(18(27)22-20(24)29)11-21-23-17(26)13-7-5-8-14(10-13)25(30)31/h3-11,28H,2H2,1H3,(H,23,26)(H,22,27,29). The number of hydrogen-bond donors (Lipinski definition) is 3. The number of hydrogen-bond acceptors (Lipinski definition) is 7. The lowest BCUT2D eigenvalue weighted by Crippen LogP contribution is -2.32. The fraction of sp³-hybridized carbons (Fsp3) is 0.100. The monoisotopic (exact) mass is 423 g/mol. The minimum Gasteiger partial charge on any atom is -0.493 e. The minimum absolute atomic E-state index is 0.0219. The van der Waals surface area contributed by atoms with E-state index in [2.05, 4.69) is 15.5 Å². The molecule has 3 rings (SSSR count). The van der Waals surface area contributed by atoms with Crippen molar-refractivity contribution in [2.75, 3.05) is 0 Å². The normalized spacial score (nSPS) is 10.9. The van der Waals surface area contributed by atoms with Gasteiger partial charge in [0.05, 0.1) is 16.8 Å². The van der Waals surface area contributed by atoms with Gasteiger partial charge in [0.1, 0.15) is 5.56 Å². The summed E-state index contributed by atoms with van der Waals surface area (Å²) < 4.78 is 0.934. The van der Waals surface area contributed by atoms with E-state index in [-0.39, 0.29) is 16.8 Å². The van der Waals surface area contributed by atoms with Crippen LogP contribution in [0.3, 0.4) is 0 Å². The first-order valence-corrected chi connectivity index (χ1v) is 9.08. The summed E-state index contributed by atoms with van der Waals surface area (Å²) in [6, 6.07) is 11.8. The number of hydrazone groups is 1. The quantitative estimate of drug-likeness (QED) is 0.309. The van der Waals surface area contributed by atoms with Crippen LogP contribution in [-0.4, -0.2) is 31.7 Å². The Morgan fingerprint density at radius 1 is 1.26 bits per heavy atom. The molecule has 11 heteroatoms. The molecule has 0 unspecified atom stereocenters. The van der Waals surface area contributed by atoms with Crippen molar-refractivity contribution < 1.29 is 14.8 Å². The highest BCUT2D eigenvalue weighted by Gasteiger charge is 2.16. The Bertz CT molecular complexity index is 1310. The van der Waals surface area contributed by atoms with Crippen LogP contribution in [0, 0.1) is 10.1 Å². The Hall–Kier alpha value is -4.54. The predicted molar refractivity (Wildman–Crippen MR) is 112 cm³/mol. The minimum atomic E-state index is -0.902. The Kier molecular flexibility index (Phi) is 6.05. The number of H-pyrrole nitrogens is 1. The van der Waals surface area contributed by atoms with Gasteiger partial charge in [0.25, 0.3) is 17.2 Å². The van der Waals surface area contributed by atoms with Crippen molar-refractivity contribution in [1.29, 1.82) is 0 Å². The summed E-state index contributed by atoms with van der Waals surface area (Å²) in [6.07, 6.45) is 1.46. The molecule has 3 aromatic rings. The van der Waals surface area contributed by atoms with Gasteiger partial charge in [0.15, 0.2) is 0 Å². The van der Waals surface area contributed by atoms with Gasteiger partial charge in [-0.2, -0.15) is 5.10 Å². The molecule has 0 spiro atoms. The van der Waals surface area contributed by atoms with E-state index in [1.807, 2.05) is 6.92 Å². The highest BCUT2D eigenvalue weighted by molar-refractivity contribution is 5.95. The third-order valence-electron chi connectivity index (χ3n) is 4.41. The SMILES string of the molecule is CCc1ccccc1-n1c(O)c(C=NNC(=O)c2cccc([N+](=O)[O-])c2)c(=O)[nH]c1=O. The van der Waals surface area contributed by atoms with Gasteiger partial charge in [-0.05, 0) is 24.1 Å². The van der Waals surface area contributed by atoms with Gasteiger partial charge in [-0.3, -0.25) is 24.7 Å². The van der Waals surface area contributed by atoms with E-state index in [9.17, 15) is 29.6 Å². The molecule has 0 saturated carbocycles. The smallest absolute Gasteiger partial charge is 0.335 e. The fourth-order valence-electron chi connectivity index (χ4n) is 2.89. The highest BCUT2D eigenvalue weighted by atomic mass is 16.6. The number of nitro groups is 1. The number of benzene rings is 2. The maximum absolute atomic E-state index is 12.3. The summed E-state index contributed by atoms with van der Waals surface area (Å²) >= 11 is 0. The second-order valence-electron chi connectivity index (χ2n) is 6.32. The summed E-state index contributed by atoms with van der Waals surface area (Å²) in [5.41, 5.74) is 0.884. The Balaban J connectivity index is 1.93. The van der Waals surface area contributed by atoms with Gasteiger partial charge in [-0.15, -0.1) is 0 Å². The molecule has 2 aromatic carbocycles. The van der Waals surface area contributed by atoms with E-state index in [4.69, 9.17) is 0 Å². The molecule has 0 fully saturated rings. The van der Waals surface area contributed by atoms with Crippen LogP contribution in [0.4, 0.5) is 5.69 Å². The zero-order valence-corrected chi connectivity index (χ0v) is 16.2. The molecule has 1 heterocycles. The second kappa shape index (κ2) is 8.86. The molecule has 1 amide bonds. The number of aromatic hydroxyl groups is 1. The number of para-hydroxylation sites is 1. The van der Waals surface area contributed by atoms with Crippen molar-refractivity contribution >= 4 is 17.8 Å². The zero-order valence-electron chi connectivity index (χ0n) is 16.2. The number of nitrogens with one attached hydrogen (secondary N) is 2. The molecule has 0 radical (unpaired) electrons. The number of aryl methyl sites for hydroxylation is 1. The highest BCUT2D eigenvalue weighted by Crippen LogP contribution is 2.19. The van der Waals surface area contributed by atoms with Crippen molar-refractivity contribution in [3.63, 3.8) is 0 Å². The molecule has 31 heavy (non-hydrogen) atoms. The zero-order chi connectivity index (χ0) is 22.5. The molecule has 0 bridgehead atoms. The average Bonchev–Trinajstić information content (AvgIpc) is 2.76. The molecular weight excluding hydrogens is 406 g/mol. The molecule has 0 aliphatic heterocycles. The van der Waals surface area contributed by atoms with Gasteiger partial charge < -0.3 is 5.11 Å². The summed E-state index contributed by atoms with van der Waals surface area (Å²) in [5.74, 6) is -1.41. The molecule has 3 N–H and O–H groups in total. The lowest BCUT2D eigenvalue weighted by Gasteiger charge is -2.13. The first kappa shape index (κ1) is 21.2. The van der Waals surface area contributed by atoms with Crippen molar-refractivity contribution in [3.05, 3.63) is 96.2 Å². The number of rotatable bonds is 6. The van der Waals surface area contributed by atoms with Crippen LogP contribution >= 0.6 is 0 Å². The summed E-state index contributed by atoms with van der Waals surface area (Å²) in [7, 11) is 0. The maximum Gasteiger partial charge on any atom is 0.335 e. The van der Waals surface area contributed by atoms with Gasteiger partial charge in [0, 0.05) is 17.7 Å². The van der Waals surface area contributed by atoms with Crippen LogP contribution in [-0.2, 0) is 6.42 Å². The van der Waals surface area contributed by atoms with Crippen LogP contribution < -0.4 is 16.7 Å². The predicted octanol–water partition coefficient (Wildman–Crippen LogP) is 1.47. The first-order valence-electron chi connectivity index (χ1n) is 9.08. The number of carbonyl (C=O) groups excluding carboxylic acids is 1. The van der Waals surface area contributed by atoms with E-state index >= 15 is 0 Å². The van der Waals surface area contributed by atoms with Gasteiger partial charge >= 0.3 is 5.69 Å². The lowest BCUT2D eigenvalue weighted by atomic mass is 10.1. The third-order valence-corrected chi connectivity index (χ3v) is 4.41. The molecule has 11 nitrogen and oxygen atoms in total. The number of aromatic amines is 1. The summed E-state index contributed by atoms with van der Waals surface area (Å²) in [5, 5.41) is 25.0. The van der Waals surface area contributed by atoms with E-state index < -0.39 is 28.0 Å². The molecule has 158 valence electrons. The number of non-ortho nitro benzene ring substituents is 1. The summed E-state index contributed by atoms with van der Waals surface area (Å²) in [6.45, 7) is 1.87. The first-order chi connectivity index (χ1) is 14.8. The van der Waals surface area contributed by atoms with E-state index in [0.29, 0.717) is 12.1 Å².